The molecule has 100 valence electrons. The minimum absolute atomic E-state index is 0.00172. The molecule has 1 aromatic rings. The summed E-state index contributed by atoms with van der Waals surface area (Å²) in [6.07, 6.45) is 1.82. The van der Waals surface area contributed by atoms with Crippen molar-refractivity contribution in [2.45, 2.75) is 32.2 Å². The maximum atomic E-state index is 11.7. The number of carbonyl (C=O) groups is 1. The molecule has 1 unspecified atom stereocenters. The third-order valence-electron chi connectivity index (χ3n) is 2.79. The number of benzene rings is 1. The zero-order chi connectivity index (χ0) is 13.4. The molecule has 0 aromatic heterocycles. The topological polar surface area (TPSA) is 58.6 Å². The summed E-state index contributed by atoms with van der Waals surface area (Å²) in [7, 11) is 1.62. The maximum Gasteiger partial charge on any atom is 0.220 e. The van der Waals surface area contributed by atoms with Crippen LogP contribution < -0.4 is 10.1 Å². The molecule has 0 saturated carbocycles. The summed E-state index contributed by atoms with van der Waals surface area (Å²) >= 11 is 0. The highest BCUT2D eigenvalue weighted by Gasteiger charge is 2.12. The van der Waals surface area contributed by atoms with Crippen molar-refractivity contribution in [1.82, 2.24) is 5.32 Å². The van der Waals surface area contributed by atoms with Crippen molar-refractivity contribution in [3.63, 3.8) is 0 Å². The number of unbranched alkanes of at least 4 members (excludes halogenated alkanes) is 1. The van der Waals surface area contributed by atoms with Gasteiger partial charge in [0.2, 0.25) is 5.91 Å². The van der Waals surface area contributed by atoms with E-state index in [0.29, 0.717) is 19.3 Å². The monoisotopic (exact) mass is 251 g/mol. The molecule has 1 amide bonds. The molecular weight excluding hydrogens is 230 g/mol. The molecule has 4 nitrogen and oxygen atoms in total. The number of nitrogens with one attached hydrogen (secondary N) is 1. The first kappa shape index (κ1) is 14.5. The number of rotatable bonds is 7. The van der Waals surface area contributed by atoms with Crippen molar-refractivity contribution in [3.05, 3.63) is 29.8 Å². The summed E-state index contributed by atoms with van der Waals surface area (Å²) in [5.41, 5.74) is 0.968. The van der Waals surface area contributed by atoms with Gasteiger partial charge in [-0.1, -0.05) is 18.2 Å². The number of ether oxygens (including phenoxy) is 1. The lowest BCUT2D eigenvalue weighted by molar-refractivity contribution is -0.121. The van der Waals surface area contributed by atoms with Gasteiger partial charge in [-0.15, -0.1) is 0 Å². The molecule has 0 heterocycles. The molecule has 0 saturated heterocycles. The number of methoxy groups -OCH3 is 1. The van der Waals surface area contributed by atoms with E-state index in [4.69, 9.17) is 9.84 Å². The number of carbonyl (C=O) groups excluding carboxylic acids is 1. The molecule has 1 aromatic carbocycles. The standard InChI is InChI=1S/C14H21NO3/c1-11(15-14(17)9-5-6-10-16)12-7-3-4-8-13(12)18-2/h3-4,7-8,11,16H,5-6,9-10H2,1-2H3,(H,15,17). The molecule has 2 N–H and O–H groups in total. The largest absolute Gasteiger partial charge is 0.496 e. The molecule has 0 aliphatic carbocycles. The number of hydrogen-bond donors (Lipinski definition) is 2. The van der Waals surface area contributed by atoms with Gasteiger partial charge in [0.05, 0.1) is 13.2 Å². The van der Waals surface area contributed by atoms with Crippen molar-refractivity contribution >= 4 is 5.91 Å². The average Bonchev–Trinajstić information content (AvgIpc) is 2.39. The lowest BCUT2D eigenvalue weighted by atomic mass is 10.1. The van der Waals surface area contributed by atoms with Crippen LogP contribution in [0.15, 0.2) is 24.3 Å². The summed E-state index contributed by atoms with van der Waals surface area (Å²) in [5, 5.41) is 11.6. The molecule has 1 rings (SSSR count). The predicted octanol–water partition coefficient (Wildman–Crippen LogP) is 2.03. The Balaban J connectivity index is 2.53. The van der Waals surface area contributed by atoms with Crippen LogP contribution in [0.3, 0.4) is 0 Å². The number of para-hydroxylation sites is 1. The summed E-state index contributed by atoms with van der Waals surface area (Å²) in [4.78, 5) is 11.7. The van der Waals surface area contributed by atoms with Gasteiger partial charge in [-0.3, -0.25) is 4.79 Å². The van der Waals surface area contributed by atoms with E-state index in [0.717, 1.165) is 11.3 Å². The normalized spacial score (nSPS) is 11.9. The minimum Gasteiger partial charge on any atom is -0.496 e. The zero-order valence-electron chi connectivity index (χ0n) is 11.0. The average molecular weight is 251 g/mol. The van der Waals surface area contributed by atoms with Crippen LogP contribution in [0.1, 0.15) is 37.8 Å². The van der Waals surface area contributed by atoms with Gasteiger partial charge in [-0.25, -0.2) is 0 Å². The van der Waals surface area contributed by atoms with Crippen molar-refractivity contribution in [1.29, 1.82) is 0 Å². The van der Waals surface area contributed by atoms with Crippen molar-refractivity contribution in [2.75, 3.05) is 13.7 Å². The first-order valence-electron chi connectivity index (χ1n) is 6.22. The van der Waals surface area contributed by atoms with Crippen molar-refractivity contribution in [3.8, 4) is 5.75 Å². The molecule has 4 heteroatoms. The Morgan fingerprint density at radius 1 is 1.39 bits per heavy atom. The van der Waals surface area contributed by atoms with E-state index in [1.807, 2.05) is 31.2 Å². The Kier molecular flexibility index (Phi) is 6.22. The third-order valence-corrected chi connectivity index (χ3v) is 2.79. The molecule has 0 spiro atoms. The Hall–Kier alpha value is -1.55. The lowest BCUT2D eigenvalue weighted by Gasteiger charge is -2.17. The van der Waals surface area contributed by atoms with E-state index >= 15 is 0 Å². The van der Waals surface area contributed by atoms with E-state index in [2.05, 4.69) is 5.32 Å². The molecule has 0 bridgehead atoms. The molecule has 0 radical (unpaired) electrons. The Morgan fingerprint density at radius 2 is 2.11 bits per heavy atom. The van der Waals surface area contributed by atoms with Crippen LogP contribution >= 0.6 is 0 Å². The van der Waals surface area contributed by atoms with Crippen LogP contribution in [0.5, 0.6) is 5.75 Å². The van der Waals surface area contributed by atoms with Crippen LogP contribution in [0.4, 0.5) is 0 Å². The molecular formula is C14H21NO3. The van der Waals surface area contributed by atoms with E-state index in [1.165, 1.54) is 0 Å². The Labute approximate surface area is 108 Å². The van der Waals surface area contributed by atoms with Gasteiger partial charge in [0.25, 0.3) is 0 Å². The third kappa shape index (κ3) is 4.37. The number of hydrogen-bond acceptors (Lipinski definition) is 3. The smallest absolute Gasteiger partial charge is 0.220 e. The first-order valence-corrected chi connectivity index (χ1v) is 6.22. The SMILES string of the molecule is COc1ccccc1C(C)NC(=O)CCCCO. The summed E-state index contributed by atoms with van der Waals surface area (Å²) in [5.74, 6) is 0.780. The summed E-state index contributed by atoms with van der Waals surface area (Å²) in [6.45, 7) is 2.07. The van der Waals surface area contributed by atoms with Crippen LogP contribution in [0, 0.1) is 0 Å². The highest BCUT2D eigenvalue weighted by atomic mass is 16.5. The fourth-order valence-electron chi connectivity index (χ4n) is 1.81. The van der Waals surface area contributed by atoms with Gasteiger partial charge in [-0.2, -0.15) is 0 Å². The van der Waals surface area contributed by atoms with E-state index in [-0.39, 0.29) is 18.6 Å². The maximum absolute atomic E-state index is 11.7. The lowest BCUT2D eigenvalue weighted by Crippen LogP contribution is -2.26. The fraction of sp³-hybridized carbons (Fsp3) is 0.500. The van der Waals surface area contributed by atoms with Gasteiger partial charge >= 0.3 is 0 Å². The molecule has 0 fully saturated rings. The quantitative estimate of drug-likeness (QED) is 0.729. The molecule has 1 atom stereocenters. The van der Waals surface area contributed by atoms with Gasteiger partial charge in [0, 0.05) is 18.6 Å². The second-order valence-electron chi connectivity index (χ2n) is 4.21. The van der Waals surface area contributed by atoms with Gasteiger partial charge in [0.1, 0.15) is 5.75 Å². The van der Waals surface area contributed by atoms with Crippen LogP contribution in [-0.4, -0.2) is 24.7 Å². The second kappa shape index (κ2) is 7.71. The van der Waals surface area contributed by atoms with Gasteiger partial charge in [-0.05, 0) is 25.8 Å². The van der Waals surface area contributed by atoms with Gasteiger partial charge in [0.15, 0.2) is 0 Å². The number of amides is 1. The van der Waals surface area contributed by atoms with Crippen LogP contribution in [0.25, 0.3) is 0 Å². The van der Waals surface area contributed by atoms with Crippen LogP contribution in [-0.2, 0) is 4.79 Å². The first-order chi connectivity index (χ1) is 8.69. The molecule has 0 aliphatic rings. The predicted molar refractivity (Wildman–Crippen MR) is 70.5 cm³/mol. The van der Waals surface area contributed by atoms with E-state index < -0.39 is 0 Å². The van der Waals surface area contributed by atoms with E-state index in [1.54, 1.807) is 7.11 Å². The van der Waals surface area contributed by atoms with Crippen molar-refractivity contribution in [2.24, 2.45) is 0 Å². The number of aliphatic hydroxyl groups is 1. The Morgan fingerprint density at radius 3 is 2.78 bits per heavy atom. The zero-order valence-corrected chi connectivity index (χ0v) is 11.0. The molecule has 18 heavy (non-hydrogen) atoms. The van der Waals surface area contributed by atoms with Crippen molar-refractivity contribution < 1.29 is 14.6 Å². The van der Waals surface area contributed by atoms with Gasteiger partial charge < -0.3 is 15.2 Å². The van der Waals surface area contributed by atoms with Crippen LogP contribution in [0.2, 0.25) is 0 Å². The second-order valence-corrected chi connectivity index (χ2v) is 4.21. The summed E-state index contributed by atoms with van der Waals surface area (Å²) < 4.78 is 5.26. The fourth-order valence-corrected chi connectivity index (χ4v) is 1.81. The minimum atomic E-state index is -0.0808. The highest BCUT2D eigenvalue weighted by molar-refractivity contribution is 5.76. The van der Waals surface area contributed by atoms with E-state index in [9.17, 15) is 4.79 Å². The Bertz CT molecular complexity index is 379. The highest BCUT2D eigenvalue weighted by Crippen LogP contribution is 2.24. The summed E-state index contributed by atoms with van der Waals surface area (Å²) in [6, 6.07) is 7.56. The number of aliphatic hydroxyl groups excluding tert-OH is 1. The molecule has 0 aliphatic heterocycles.